The van der Waals surface area contributed by atoms with Crippen LogP contribution in [0.3, 0.4) is 0 Å². The topological polar surface area (TPSA) is 79.4 Å². The van der Waals surface area contributed by atoms with Gasteiger partial charge in [0.15, 0.2) is 0 Å². The monoisotopic (exact) mass is 407 g/mol. The van der Waals surface area contributed by atoms with Crippen molar-refractivity contribution in [2.24, 2.45) is 0 Å². The van der Waals surface area contributed by atoms with E-state index in [-0.39, 0.29) is 28.1 Å². The molecule has 0 saturated heterocycles. The number of fused-ring (bicyclic) bond motifs is 1. The lowest BCUT2D eigenvalue weighted by molar-refractivity contribution is 0.0924. The number of halogens is 1. The SMILES string of the molecule is [3H]c1cc(N2C(=O)c3ccc(C)c(C)c3C2=O)c(Cl)cc1NC(=O)c1ccccn1. The molecule has 0 radical (unpaired) electrons. The molecular formula is C22H16ClN3O3. The van der Waals surface area contributed by atoms with E-state index in [4.69, 9.17) is 13.0 Å². The number of imide groups is 1. The van der Waals surface area contributed by atoms with E-state index in [0.717, 1.165) is 16.0 Å². The fraction of sp³-hybridized carbons (Fsp3) is 0.0909. The lowest BCUT2D eigenvalue weighted by atomic mass is 9.99. The van der Waals surface area contributed by atoms with E-state index in [9.17, 15) is 14.4 Å². The Morgan fingerprint density at radius 1 is 1.14 bits per heavy atom. The zero-order valence-corrected chi connectivity index (χ0v) is 16.4. The first kappa shape index (κ1) is 17.6. The van der Waals surface area contributed by atoms with E-state index in [2.05, 4.69) is 10.3 Å². The first-order valence-electron chi connectivity index (χ1n) is 9.31. The lowest BCUT2D eigenvalue weighted by Gasteiger charge is -2.16. The molecule has 144 valence electrons. The van der Waals surface area contributed by atoms with Crippen molar-refractivity contribution in [3.8, 4) is 0 Å². The quantitative estimate of drug-likeness (QED) is 0.652. The number of carbonyl (C=O) groups excluding carboxylic acids is 3. The number of rotatable bonds is 3. The Bertz CT molecular complexity index is 1230. The first-order valence-corrected chi connectivity index (χ1v) is 9.19. The zero-order chi connectivity index (χ0) is 21.6. The van der Waals surface area contributed by atoms with Crippen molar-refractivity contribution in [1.29, 1.82) is 0 Å². The Hall–Kier alpha value is -3.51. The second kappa shape index (κ2) is 7.14. The molecule has 0 saturated carbocycles. The summed E-state index contributed by atoms with van der Waals surface area (Å²) in [4.78, 5) is 43.1. The molecule has 6 nitrogen and oxygen atoms in total. The van der Waals surface area contributed by atoms with Crippen LogP contribution in [0.25, 0.3) is 0 Å². The summed E-state index contributed by atoms with van der Waals surface area (Å²) in [5.41, 5.74) is 2.70. The average Bonchev–Trinajstić information content (AvgIpc) is 2.98. The van der Waals surface area contributed by atoms with Crippen LogP contribution in [-0.2, 0) is 0 Å². The van der Waals surface area contributed by atoms with Crippen molar-refractivity contribution in [3.63, 3.8) is 0 Å². The van der Waals surface area contributed by atoms with Gasteiger partial charge in [0, 0.05) is 11.9 Å². The maximum absolute atomic E-state index is 13.0. The first-order chi connectivity index (χ1) is 14.3. The maximum Gasteiger partial charge on any atom is 0.274 e. The van der Waals surface area contributed by atoms with Crippen LogP contribution in [0.1, 0.15) is 43.7 Å². The van der Waals surface area contributed by atoms with Gasteiger partial charge in [-0.05, 0) is 61.3 Å². The van der Waals surface area contributed by atoms with Gasteiger partial charge in [-0.3, -0.25) is 19.4 Å². The van der Waals surface area contributed by atoms with Crippen molar-refractivity contribution in [2.75, 3.05) is 10.2 Å². The van der Waals surface area contributed by atoms with Crippen LogP contribution in [-0.4, -0.2) is 22.7 Å². The van der Waals surface area contributed by atoms with Gasteiger partial charge in [0.1, 0.15) is 5.69 Å². The molecular weight excluding hydrogens is 390 g/mol. The molecule has 3 amide bonds. The Labute approximate surface area is 173 Å². The van der Waals surface area contributed by atoms with Gasteiger partial charge >= 0.3 is 0 Å². The Kier molecular flexibility index (Phi) is 4.33. The van der Waals surface area contributed by atoms with Gasteiger partial charge in [-0.1, -0.05) is 23.7 Å². The van der Waals surface area contributed by atoms with Crippen LogP contribution in [0.4, 0.5) is 11.4 Å². The fourth-order valence-electron chi connectivity index (χ4n) is 3.20. The van der Waals surface area contributed by atoms with Gasteiger partial charge in [-0.2, -0.15) is 0 Å². The number of nitrogens with one attached hydrogen (secondary N) is 1. The maximum atomic E-state index is 13.0. The minimum Gasteiger partial charge on any atom is -0.321 e. The van der Waals surface area contributed by atoms with Gasteiger partial charge in [0.2, 0.25) is 0 Å². The molecule has 2 aromatic carbocycles. The molecule has 2 heterocycles. The molecule has 0 spiro atoms. The number of pyridine rings is 1. The predicted molar refractivity (Wildman–Crippen MR) is 111 cm³/mol. The van der Waals surface area contributed by atoms with Gasteiger partial charge in [-0.15, -0.1) is 0 Å². The fourth-order valence-corrected chi connectivity index (χ4v) is 3.45. The van der Waals surface area contributed by atoms with Crippen molar-refractivity contribution in [3.05, 3.63) is 87.7 Å². The second-order valence-electron chi connectivity index (χ2n) is 6.62. The van der Waals surface area contributed by atoms with Crippen LogP contribution in [0.15, 0.2) is 54.7 Å². The third-order valence-electron chi connectivity index (χ3n) is 4.85. The number of aryl methyl sites for hydroxylation is 1. The molecule has 0 fully saturated rings. The Morgan fingerprint density at radius 3 is 2.66 bits per heavy atom. The van der Waals surface area contributed by atoms with Gasteiger partial charge in [0.25, 0.3) is 17.7 Å². The van der Waals surface area contributed by atoms with Crippen molar-refractivity contribution < 1.29 is 15.8 Å². The normalized spacial score (nSPS) is 13.3. The number of benzene rings is 2. The van der Waals surface area contributed by atoms with Gasteiger partial charge < -0.3 is 5.32 Å². The largest absolute Gasteiger partial charge is 0.321 e. The van der Waals surface area contributed by atoms with E-state index in [0.29, 0.717) is 11.1 Å². The van der Waals surface area contributed by atoms with Crippen LogP contribution in [0, 0.1) is 13.8 Å². The molecule has 0 unspecified atom stereocenters. The zero-order valence-electron chi connectivity index (χ0n) is 16.6. The molecule has 1 aromatic heterocycles. The molecule has 1 N–H and O–H groups in total. The standard InChI is InChI=1S/C22H16ClN3O3/c1-12-6-8-15-19(13(12)2)22(29)26(21(15)28)18-9-7-14(11-16(18)23)25-20(27)17-5-3-4-10-24-17/h3-11H,1-2H3,(H,25,27)/i7T. The van der Waals surface area contributed by atoms with Gasteiger partial charge in [-0.25, -0.2) is 4.90 Å². The summed E-state index contributed by atoms with van der Waals surface area (Å²) < 4.78 is 8.25. The van der Waals surface area contributed by atoms with Crippen LogP contribution < -0.4 is 10.2 Å². The summed E-state index contributed by atoms with van der Waals surface area (Å²) in [5.74, 6) is -1.48. The molecule has 0 atom stereocenters. The van der Waals surface area contributed by atoms with Crippen molar-refractivity contribution in [1.82, 2.24) is 4.98 Å². The number of anilines is 2. The summed E-state index contributed by atoms with van der Waals surface area (Å²) in [6.07, 6.45) is 1.48. The number of nitrogens with zero attached hydrogens (tertiary/aromatic N) is 2. The highest BCUT2D eigenvalue weighted by Gasteiger charge is 2.39. The van der Waals surface area contributed by atoms with E-state index in [1.165, 1.54) is 24.4 Å². The number of carbonyl (C=O) groups is 3. The molecule has 1 aliphatic rings. The predicted octanol–water partition coefficient (Wildman–Crippen LogP) is 4.40. The number of aromatic nitrogens is 1. The molecule has 0 aliphatic carbocycles. The van der Waals surface area contributed by atoms with Crippen molar-refractivity contribution >= 4 is 40.7 Å². The van der Waals surface area contributed by atoms with E-state index in [1.807, 2.05) is 6.92 Å². The highest BCUT2D eigenvalue weighted by atomic mass is 35.5. The van der Waals surface area contributed by atoms with Crippen LogP contribution in [0.2, 0.25) is 5.02 Å². The van der Waals surface area contributed by atoms with Crippen LogP contribution in [0.5, 0.6) is 0 Å². The second-order valence-corrected chi connectivity index (χ2v) is 7.03. The van der Waals surface area contributed by atoms with E-state index < -0.39 is 17.7 Å². The highest BCUT2D eigenvalue weighted by molar-refractivity contribution is 6.40. The van der Waals surface area contributed by atoms with Crippen LogP contribution >= 0.6 is 11.6 Å². The minimum atomic E-state index is -0.500. The third-order valence-corrected chi connectivity index (χ3v) is 5.16. The number of hydrogen-bond acceptors (Lipinski definition) is 4. The average molecular weight is 408 g/mol. The molecule has 7 heteroatoms. The summed E-state index contributed by atoms with van der Waals surface area (Å²) in [6.45, 7) is 3.65. The Morgan fingerprint density at radius 2 is 1.93 bits per heavy atom. The van der Waals surface area contributed by atoms with Gasteiger partial charge in [0.05, 0.1) is 23.2 Å². The number of hydrogen-bond donors (Lipinski definition) is 1. The third kappa shape index (κ3) is 3.17. The number of amides is 3. The van der Waals surface area contributed by atoms with Crippen molar-refractivity contribution in [2.45, 2.75) is 13.8 Å². The van der Waals surface area contributed by atoms with E-state index >= 15 is 0 Å². The highest BCUT2D eigenvalue weighted by Crippen LogP contribution is 2.36. The Balaban J connectivity index is 1.69. The molecule has 0 bridgehead atoms. The summed E-state index contributed by atoms with van der Waals surface area (Å²) in [6, 6.07) is 10.9. The molecule has 3 aromatic rings. The van der Waals surface area contributed by atoms with E-state index in [1.54, 1.807) is 31.2 Å². The molecule has 1 aliphatic heterocycles. The molecule has 4 rings (SSSR count). The summed E-state index contributed by atoms with van der Waals surface area (Å²) >= 11 is 6.36. The smallest absolute Gasteiger partial charge is 0.274 e. The molecule has 29 heavy (non-hydrogen) atoms. The lowest BCUT2D eigenvalue weighted by Crippen LogP contribution is -2.29. The summed E-state index contributed by atoms with van der Waals surface area (Å²) in [7, 11) is 0. The summed E-state index contributed by atoms with van der Waals surface area (Å²) in [5, 5.41) is 2.64. The minimum absolute atomic E-state index is 0.0613.